The normalized spacial score (nSPS) is 27.6. The van der Waals surface area contributed by atoms with Gasteiger partial charge in [-0.15, -0.1) is 0 Å². The maximum atomic E-state index is 5.97. The summed E-state index contributed by atoms with van der Waals surface area (Å²) in [6.07, 6.45) is 6.57. The molecule has 1 fully saturated rings. The highest BCUT2D eigenvalue weighted by Gasteiger charge is 2.32. The van der Waals surface area contributed by atoms with Gasteiger partial charge in [-0.1, -0.05) is 26.7 Å². The van der Waals surface area contributed by atoms with E-state index in [1.807, 2.05) is 0 Å². The van der Waals surface area contributed by atoms with Gasteiger partial charge in [-0.2, -0.15) is 0 Å². The van der Waals surface area contributed by atoms with Gasteiger partial charge in [-0.25, -0.2) is 0 Å². The average Bonchev–Trinajstić information content (AvgIpc) is 2.29. The Balaban J connectivity index is 2.58. The summed E-state index contributed by atoms with van der Waals surface area (Å²) >= 11 is 0. The van der Waals surface area contributed by atoms with E-state index < -0.39 is 0 Å². The molecule has 2 nitrogen and oxygen atoms in total. The van der Waals surface area contributed by atoms with Crippen molar-refractivity contribution >= 4 is 0 Å². The van der Waals surface area contributed by atoms with Crippen LogP contribution in [0.4, 0.5) is 0 Å². The maximum Gasteiger partial charge on any atom is 0.0303 e. The summed E-state index contributed by atoms with van der Waals surface area (Å²) < 4.78 is 0. The molecule has 15 heavy (non-hydrogen) atoms. The molecule has 1 aliphatic rings. The molecule has 2 N–H and O–H groups in total. The fourth-order valence-corrected chi connectivity index (χ4v) is 2.82. The van der Waals surface area contributed by atoms with Crippen molar-refractivity contribution in [2.75, 3.05) is 19.6 Å². The lowest BCUT2D eigenvalue weighted by molar-refractivity contribution is 0.0519. The number of likely N-dealkylation sites (tertiary alicyclic amines) is 1. The van der Waals surface area contributed by atoms with E-state index in [-0.39, 0.29) is 5.54 Å². The molecule has 0 radical (unpaired) electrons. The number of rotatable bonds is 5. The highest BCUT2D eigenvalue weighted by Crippen LogP contribution is 2.28. The topological polar surface area (TPSA) is 29.3 Å². The number of hydrogen-bond acceptors (Lipinski definition) is 2. The van der Waals surface area contributed by atoms with Gasteiger partial charge in [0.1, 0.15) is 0 Å². The maximum absolute atomic E-state index is 5.97. The largest absolute Gasteiger partial charge is 0.329 e. The smallest absolute Gasteiger partial charge is 0.0303 e. The van der Waals surface area contributed by atoms with Gasteiger partial charge in [0.25, 0.3) is 0 Å². The zero-order chi connectivity index (χ0) is 11.3. The Labute approximate surface area is 95.2 Å². The van der Waals surface area contributed by atoms with Crippen molar-refractivity contribution in [3.8, 4) is 0 Å². The minimum Gasteiger partial charge on any atom is -0.329 e. The number of nitrogens with zero attached hydrogens (tertiary/aromatic N) is 1. The van der Waals surface area contributed by atoms with Crippen molar-refractivity contribution < 1.29 is 0 Å². The van der Waals surface area contributed by atoms with E-state index in [1.165, 1.54) is 45.2 Å². The summed E-state index contributed by atoms with van der Waals surface area (Å²) in [5.41, 5.74) is 6.22. The Hall–Kier alpha value is -0.0800. The first-order valence-electron chi connectivity index (χ1n) is 6.61. The Morgan fingerprint density at radius 2 is 2.13 bits per heavy atom. The molecule has 2 heteroatoms. The monoisotopic (exact) mass is 212 g/mol. The third-order valence-corrected chi connectivity index (χ3v) is 4.09. The molecular weight excluding hydrogens is 184 g/mol. The Morgan fingerprint density at radius 3 is 2.67 bits per heavy atom. The van der Waals surface area contributed by atoms with Gasteiger partial charge >= 0.3 is 0 Å². The van der Waals surface area contributed by atoms with Gasteiger partial charge < -0.3 is 5.73 Å². The lowest BCUT2D eigenvalue weighted by Gasteiger charge is -2.45. The average molecular weight is 212 g/mol. The van der Waals surface area contributed by atoms with Crippen molar-refractivity contribution in [1.29, 1.82) is 0 Å². The van der Waals surface area contributed by atoms with Gasteiger partial charge in [0.15, 0.2) is 0 Å². The number of piperidine rings is 1. The summed E-state index contributed by atoms with van der Waals surface area (Å²) in [6, 6.07) is 0. The third-order valence-electron chi connectivity index (χ3n) is 4.09. The van der Waals surface area contributed by atoms with Gasteiger partial charge in [0.2, 0.25) is 0 Å². The van der Waals surface area contributed by atoms with Crippen LogP contribution in [0.25, 0.3) is 0 Å². The van der Waals surface area contributed by atoms with Gasteiger partial charge in [-0.3, -0.25) is 4.90 Å². The second-order valence-electron chi connectivity index (χ2n) is 5.31. The van der Waals surface area contributed by atoms with E-state index >= 15 is 0 Å². The first-order valence-corrected chi connectivity index (χ1v) is 6.61. The molecule has 1 aliphatic heterocycles. The SMILES string of the molecule is CCCC(C)(CN)N1CCCC(CC)C1. The van der Waals surface area contributed by atoms with Crippen LogP contribution in [-0.4, -0.2) is 30.1 Å². The number of hydrogen-bond donors (Lipinski definition) is 1. The molecule has 0 saturated carbocycles. The first kappa shape index (κ1) is 13.0. The summed E-state index contributed by atoms with van der Waals surface area (Å²) in [6.45, 7) is 10.2. The van der Waals surface area contributed by atoms with Gasteiger partial charge in [-0.05, 0) is 38.6 Å². The molecule has 1 heterocycles. The molecule has 2 atom stereocenters. The van der Waals surface area contributed by atoms with Crippen LogP contribution < -0.4 is 5.73 Å². The molecule has 0 amide bonds. The molecular formula is C13H28N2. The van der Waals surface area contributed by atoms with Crippen LogP contribution in [0.15, 0.2) is 0 Å². The van der Waals surface area contributed by atoms with Crippen molar-refractivity contribution in [3.63, 3.8) is 0 Å². The van der Waals surface area contributed by atoms with E-state index in [9.17, 15) is 0 Å². The number of nitrogens with two attached hydrogens (primary N) is 1. The van der Waals surface area contributed by atoms with Crippen LogP contribution in [0.5, 0.6) is 0 Å². The van der Waals surface area contributed by atoms with Crippen LogP contribution in [0.2, 0.25) is 0 Å². The molecule has 2 unspecified atom stereocenters. The zero-order valence-corrected chi connectivity index (χ0v) is 10.8. The highest BCUT2D eigenvalue weighted by molar-refractivity contribution is 4.90. The summed E-state index contributed by atoms with van der Waals surface area (Å²) in [4.78, 5) is 2.65. The molecule has 0 aliphatic carbocycles. The lowest BCUT2D eigenvalue weighted by atomic mass is 9.87. The van der Waals surface area contributed by atoms with Gasteiger partial charge in [0.05, 0.1) is 0 Å². The fraction of sp³-hybridized carbons (Fsp3) is 1.00. The molecule has 1 saturated heterocycles. The first-order chi connectivity index (χ1) is 7.16. The Morgan fingerprint density at radius 1 is 1.40 bits per heavy atom. The minimum absolute atomic E-state index is 0.253. The van der Waals surface area contributed by atoms with Crippen LogP contribution in [0.1, 0.15) is 52.9 Å². The predicted octanol–water partition coefficient (Wildman–Crippen LogP) is 2.63. The lowest BCUT2D eigenvalue weighted by Crippen LogP contribution is -2.55. The zero-order valence-electron chi connectivity index (χ0n) is 10.8. The highest BCUT2D eigenvalue weighted by atomic mass is 15.2. The van der Waals surface area contributed by atoms with E-state index in [2.05, 4.69) is 25.7 Å². The van der Waals surface area contributed by atoms with Crippen LogP contribution >= 0.6 is 0 Å². The van der Waals surface area contributed by atoms with Gasteiger partial charge in [0, 0.05) is 18.6 Å². The van der Waals surface area contributed by atoms with Crippen molar-refractivity contribution in [2.45, 2.75) is 58.4 Å². The molecule has 0 aromatic heterocycles. The van der Waals surface area contributed by atoms with Crippen molar-refractivity contribution in [1.82, 2.24) is 4.90 Å². The Kier molecular flexibility index (Phi) is 5.07. The molecule has 90 valence electrons. The molecule has 0 aromatic carbocycles. The van der Waals surface area contributed by atoms with Crippen LogP contribution in [0, 0.1) is 5.92 Å². The van der Waals surface area contributed by atoms with Crippen LogP contribution in [0.3, 0.4) is 0 Å². The van der Waals surface area contributed by atoms with E-state index in [0.29, 0.717) is 0 Å². The summed E-state index contributed by atoms with van der Waals surface area (Å²) in [5, 5.41) is 0. The summed E-state index contributed by atoms with van der Waals surface area (Å²) in [5.74, 6) is 0.904. The third kappa shape index (κ3) is 3.18. The van der Waals surface area contributed by atoms with E-state index in [4.69, 9.17) is 5.73 Å². The van der Waals surface area contributed by atoms with Crippen molar-refractivity contribution in [2.24, 2.45) is 11.7 Å². The Bertz CT molecular complexity index is 181. The van der Waals surface area contributed by atoms with E-state index in [0.717, 1.165) is 12.5 Å². The second kappa shape index (κ2) is 5.86. The van der Waals surface area contributed by atoms with Crippen LogP contribution in [-0.2, 0) is 0 Å². The van der Waals surface area contributed by atoms with Crippen molar-refractivity contribution in [3.05, 3.63) is 0 Å². The van der Waals surface area contributed by atoms with E-state index in [1.54, 1.807) is 0 Å². The second-order valence-corrected chi connectivity index (χ2v) is 5.31. The molecule has 0 spiro atoms. The fourth-order valence-electron chi connectivity index (χ4n) is 2.82. The predicted molar refractivity (Wildman–Crippen MR) is 67.0 cm³/mol. The molecule has 0 aromatic rings. The minimum atomic E-state index is 0.253. The standard InChI is InChI=1S/C13H28N2/c1-4-8-13(3,11-14)15-9-6-7-12(5-2)10-15/h12H,4-11,14H2,1-3H3. The molecule has 1 rings (SSSR count). The quantitative estimate of drug-likeness (QED) is 0.759. The molecule has 0 bridgehead atoms. The summed E-state index contributed by atoms with van der Waals surface area (Å²) in [7, 11) is 0.